The number of hydrogen-bond acceptors (Lipinski definition) is 4. The van der Waals surface area contributed by atoms with E-state index in [4.69, 9.17) is 15.0 Å². The first-order chi connectivity index (χ1) is 23.8. The van der Waals surface area contributed by atoms with Crippen molar-refractivity contribution in [3.8, 4) is 39.9 Å². The highest BCUT2D eigenvalue weighted by Crippen LogP contribution is 2.45. The summed E-state index contributed by atoms with van der Waals surface area (Å²) in [6, 6.07) is 55.5. The summed E-state index contributed by atoms with van der Waals surface area (Å²) in [4.78, 5) is 15.5. The summed E-state index contributed by atoms with van der Waals surface area (Å²) < 4.78 is 4.83. The largest absolute Gasteiger partial charge is 0.277 e. The lowest BCUT2D eigenvalue weighted by Crippen LogP contribution is -2.07. The first kappa shape index (κ1) is 27.0. The van der Waals surface area contributed by atoms with Gasteiger partial charge in [0.2, 0.25) is 5.95 Å². The summed E-state index contributed by atoms with van der Waals surface area (Å²) in [6.45, 7) is 0. The number of aromatic nitrogens is 4. The van der Waals surface area contributed by atoms with Gasteiger partial charge >= 0.3 is 0 Å². The summed E-state index contributed by atoms with van der Waals surface area (Å²) >= 11 is 1.84. The molecule has 0 radical (unpaired) electrons. The molecule has 10 aromatic rings. The Labute approximate surface area is 280 Å². The average Bonchev–Trinajstić information content (AvgIpc) is 3.72. The quantitative estimate of drug-likeness (QED) is 0.194. The fraction of sp³-hybridized carbons (Fsp3) is 0. The summed E-state index contributed by atoms with van der Waals surface area (Å²) in [5, 5.41) is 7.31. The van der Waals surface area contributed by atoms with Gasteiger partial charge in [-0.1, -0.05) is 140 Å². The summed E-state index contributed by atoms with van der Waals surface area (Å²) in [5.41, 5.74) is 6.37. The van der Waals surface area contributed by atoms with E-state index in [2.05, 4.69) is 126 Å². The Kier molecular flexibility index (Phi) is 6.01. The Balaban J connectivity index is 1.38. The average molecular weight is 631 g/mol. The monoisotopic (exact) mass is 630 g/mol. The van der Waals surface area contributed by atoms with Gasteiger partial charge in [-0.3, -0.25) is 4.57 Å². The third-order valence-corrected chi connectivity index (χ3v) is 10.4. The van der Waals surface area contributed by atoms with Crippen molar-refractivity contribution < 1.29 is 0 Å². The second kappa shape index (κ2) is 10.7. The Morgan fingerprint density at radius 2 is 1.02 bits per heavy atom. The number of benzene rings is 7. The van der Waals surface area contributed by atoms with E-state index in [1.165, 1.54) is 47.3 Å². The molecule has 3 heterocycles. The summed E-state index contributed by atoms with van der Waals surface area (Å²) in [7, 11) is 0. The van der Waals surface area contributed by atoms with Crippen molar-refractivity contribution in [2.75, 3.05) is 0 Å². The molecule has 10 rings (SSSR count). The van der Waals surface area contributed by atoms with Crippen LogP contribution in [0.1, 0.15) is 0 Å². The molecular formula is C43H26N4S. The highest BCUT2D eigenvalue weighted by molar-refractivity contribution is 7.25. The minimum absolute atomic E-state index is 0.591. The number of rotatable bonds is 4. The zero-order valence-electron chi connectivity index (χ0n) is 25.7. The molecule has 0 atom stereocenters. The maximum atomic E-state index is 5.23. The smallest absolute Gasteiger partial charge is 0.238 e. The maximum Gasteiger partial charge on any atom is 0.238 e. The Hall–Kier alpha value is -6.17. The number of para-hydroxylation sites is 1. The Morgan fingerprint density at radius 1 is 0.417 bits per heavy atom. The molecule has 4 nitrogen and oxygen atoms in total. The van der Waals surface area contributed by atoms with E-state index < -0.39 is 0 Å². The van der Waals surface area contributed by atoms with Crippen molar-refractivity contribution in [2.24, 2.45) is 0 Å². The van der Waals surface area contributed by atoms with Crippen LogP contribution in [0.4, 0.5) is 0 Å². The van der Waals surface area contributed by atoms with Crippen LogP contribution in [-0.2, 0) is 0 Å². The van der Waals surface area contributed by atoms with E-state index in [9.17, 15) is 0 Å². The molecular weight excluding hydrogens is 605 g/mol. The lowest BCUT2D eigenvalue weighted by Gasteiger charge is -2.13. The van der Waals surface area contributed by atoms with Crippen molar-refractivity contribution in [3.63, 3.8) is 0 Å². The van der Waals surface area contributed by atoms with E-state index in [1.54, 1.807) is 0 Å². The molecule has 224 valence electrons. The molecule has 0 spiro atoms. The number of nitrogens with zero attached hydrogens (tertiary/aromatic N) is 4. The fourth-order valence-electron chi connectivity index (χ4n) is 7.16. The Morgan fingerprint density at radius 3 is 1.79 bits per heavy atom. The van der Waals surface area contributed by atoms with E-state index in [0.717, 1.165) is 27.7 Å². The molecule has 0 saturated carbocycles. The molecule has 48 heavy (non-hydrogen) atoms. The predicted molar refractivity (Wildman–Crippen MR) is 201 cm³/mol. The van der Waals surface area contributed by atoms with Crippen molar-refractivity contribution in [3.05, 3.63) is 158 Å². The minimum Gasteiger partial charge on any atom is -0.277 e. The van der Waals surface area contributed by atoms with Gasteiger partial charge in [-0.15, -0.1) is 11.3 Å². The normalized spacial score (nSPS) is 11.8. The zero-order chi connectivity index (χ0) is 31.6. The van der Waals surface area contributed by atoms with Crippen LogP contribution >= 0.6 is 11.3 Å². The zero-order valence-corrected chi connectivity index (χ0v) is 26.5. The molecule has 0 N–H and O–H groups in total. The van der Waals surface area contributed by atoms with Crippen LogP contribution < -0.4 is 0 Å². The van der Waals surface area contributed by atoms with Crippen molar-refractivity contribution in [1.29, 1.82) is 0 Å². The molecule has 0 unspecified atom stereocenters. The molecule has 0 aliphatic rings. The van der Waals surface area contributed by atoms with E-state index >= 15 is 0 Å². The second-order valence-corrected chi connectivity index (χ2v) is 13.1. The Bertz CT molecular complexity index is 2780. The van der Waals surface area contributed by atoms with Crippen LogP contribution in [0.15, 0.2) is 158 Å². The highest BCUT2D eigenvalue weighted by Gasteiger charge is 2.23. The van der Waals surface area contributed by atoms with Crippen LogP contribution in [0.25, 0.3) is 92.6 Å². The van der Waals surface area contributed by atoms with Gasteiger partial charge in [0.05, 0.1) is 11.0 Å². The van der Waals surface area contributed by atoms with Crippen LogP contribution in [0, 0.1) is 0 Å². The molecule has 0 aliphatic carbocycles. The van der Waals surface area contributed by atoms with Gasteiger partial charge in [-0.25, -0.2) is 4.98 Å². The summed E-state index contributed by atoms with van der Waals surface area (Å²) in [5.74, 6) is 1.87. The van der Waals surface area contributed by atoms with Gasteiger partial charge < -0.3 is 0 Å². The molecule has 0 saturated heterocycles. The first-order valence-electron chi connectivity index (χ1n) is 16.0. The maximum absolute atomic E-state index is 5.23. The SMILES string of the molecule is c1ccc(-c2nc(-c3ccccc3)nc(-n3c4ccc5ccccc5c4c4cccc(-c5cccc6sc7ccccc7c56)c43)n2)cc1. The molecule has 0 amide bonds. The number of hydrogen-bond donors (Lipinski definition) is 0. The van der Waals surface area contributed by atoms with Gasteiger partial charge in [0.25, 0.3) is 0 Å². The molecule has 3 aromatic heterocycles. The molecule has 5 heteroatoms. The molecule has 0 bridgehead atoms. The molecule has 0 aliphatic heterocycles. The standard InChI is InChI=1S/C43H26N4S/c1-3-14-28(15-4-1)41-44-42(29-16-5-2-6-17-29)46-43(45-41)47-35-26-25-27-13-7-8-18-30(27)38(35)34-22-11-21-32(40(34)47)31-20-12-24-37-39(31)33-19-9-10-23-36(33)48-37/h1-26H. The van der Waals surface area contributed by atoms with Crippen molar-refractivity contribution >= 4 is 64.1 Å². The topological polar surface area (TPSA) is 43.6 Å². The fourth-order valence-corrected chi connectivity index (χ4v) is 8.29. The third-order valence-electron chi connectivity index (χ3n) is 9.26. The van der Waals surface area contributed by atoms with Gasteiger partial charge in [0.15, 0.2) is 11.6 Å². The number of fused-ring (bicyclic) bond motifs is 8. The van der Waals surface area contributed by atoms with Crippen LogP contribution in [0.3, 0.4) is 0 Å². The number of thiophene rings is 1. The van der Waals surface area contributed by atoms with E-state index in [0.29, 0.717) is 17.6 Å². The predicted octanol–water partition coefficient (Wildman–Crippen LogP) is 11.5. The van der Waals surface area contributed by atoms with Crippen molar-refractivity contribution in [1.82, 2.24) is 19.5 Å². The van der Waals surface area contributed by atoms with Gasteiger partial charge in [-0.05, 0) is 34.5 Å². The highest BCUT2D eigenvalue weighted by atomic mass is 32.1. The lowest BCUT2D eigenvalue weighted by atomic mass is 9.96. The van der Waals surface area contributed by atoms with Gasteiger partial charge in [0.1, 0.15) is 0 Å². The van der Waals surface area contributed by atoms with Gasteiger partial charge in [0, 0.05) is 47.6 Å². The molecule has 7 aromatic carbocycles. The van der Waals surface area contributed by atoms with Crippen molar-refractivity contribution in [2.45, 2.75) is 0 Å². The first-order valence-corrected chi connectivity index (χ1v) is 16.9. The minimum atomic E-state index is 0.591. The van der Waals surface area contributed by atoms with E-state index in [-0.39, 0.29) is 0 Å². The van der Waals surface area contributed by atoms with Crippen LogP contribution in [-0.4, -0.2) is 19.5 Å². The lowest BCUT2D eigenvalue weighted by molar-refractivity contribution is 0.954. The summed E-state index contributed by atoms with van der Waals surface area (Å²) in [6.07, 6.45) is 0. The van der Waals surface area contributed by atoms with Crippen LogP contribution in [0.5, 0.6) is 0 Å². The molecule has 0 fully saturated rings. The second-order valence-electron chi connectivity index (χ2n) is 12.0. The van der Waals surface area contributed by atoms with E-state index in [1.807, 2.05) is 47.7 Å². The third kappa shape index (κ3) is 4.11. The van der Waals surface area contributed by atoms with Gasteiger partial charge in [-0.2, -0.15) is 9.97 Å². The van der Waals surface area contributed by atoms with Crippen LogP contribution in [0.2, 0.25) is 0 Å².